The van der Waals surface area contributed by atoms with E-state index in [9.17, 15) is 38.1 Å². The van der Waals surface area contributed by atoms with Crippen molar-refractivity contribution in [2.45, 2.75) is 116 Å². The van der Waals surface area contributed by atoms with Crippen LogP contribution in [-0.4, -0.2) is 96.8 Å². The number of morpholine rings is 1. The van der Waals surface area contributed by atoms with Gasteiger partial charge < -0.3 is 42.9 Å². The summed E-state index contributed by atoms with van der Waals surface area (Å²) < 4.78 is 85.4. The number of ether oxygens (including phenoxy) is 5. The average molecular weight is 1070 g/mol. The van der Waals surface area contributed by atoms with E-state index in [4.69, 9.17) is 39.8 Å². The third-order valence-electron chi connectivity index (χ3n) is 14.1. The number of hydrogen-bond donors (Lipinski definition) is 4. The third-order valence-corrected chi connectivity index (χ3v) is 18.2. The molecule has 3 saturated carbocycles. The van der Waals surface area contributed by atoms with E-state index in [1.165, 1.54) is 25.1 Å². The summed E-state index contributed by atoms with van der Waals surface area (Å²) in [5.74, 6) is -5.33. The average Bonchev–Trinajstić information content (AvgIpc) is 3.40. The Morgan fingerprint density at radius 1 is 0.901 bits per heavy atom. The van der Waals surface area contributed by atoms with Crippen molar-refractivity contribution in [3.63, 3.8) is 0 Å². The van der Waals surface area contributed by atoms with Gasteiger partial charge >= 0.3 is 29.4 Å². The van der Waals surface area contributed by atoms with Gasteiger partial charge in [0.15, 0.2) is 28.5 Å². The van der Waals surface area contributed by atoms with E-state index < -0.39 is 87.2 Å². The number of carbonyl (C=O) groups excluding carboxylic acids is 3. The number of rotatable bonds is 16. The quantitative estimate of drug-likeness (QED) is 0.0402. The van der Waals surface area contributed by atoms with Gasteiger partial charge in [-0.3, -0.25) is 19.4 Å². The maximum absolute atomic E-state index is 16.4. The monoisotopic (exact) mass is 1070 g/mol. The van der Waals surface area contributed by atoms with Gasteiger partial charge in [0.25, 0.3) is 0 Å². The topological polar surface area (TPSA) is 260 Å². The number of fused-ring (bicyclic) bond motifs is 2. The Bertz CT molecular complexity index is 2820. The van der Waals surface area contributed by atoms with Crippen molar-refractivity contribution < 1.29 is 84.5 Å². The van der Waals surface area contributed by atoms with Gasteiger partial charge in [0, 0.05) is 48.5 Å². The first-order valence-electron chi connectivity index (χ1n) is 23.2. The molecule has 7 aliphatic rings. The molecule has 9 atom stereocenters. The molecule has 2 aromatic rings. The summed E-state index contributed by atoms with van der Waals surface area (Å²) in [7, 11) is -17.9. The number of ketones is 2. The Labute approximate surface area is 416 Å². The molecule has 1 spiro atoms. The number of hydrogen-bond acceptors (Lipinski definition) is 15. The fraction of sp³-hybridized carbons (Fsp3) is 0.521. The van der Waals surface area contributed by atoms with Crippen LogP contribution < -0.4 is 18.7 Å². The predicted molar refractivity (Wildman–Crippen MR) is 258 cm³/mol. The molecule has 0 aromatic heterocycles. The van der Waals surface area contributed by atoms with Crippen LogP contribution in [-0.2, 0) is 47.8 Å². The highest BCUT2D eigenvalue weighted by molar-refractivity contribution is 7.66. The zero-order valence-corrected chi connectivity index (χ0v) is 44.0. The molecule has 0 radical (unpaired) electrons. The first-order chi connectivity index (χ1) is 33.0. The van der Waals surface area contributed by atoms with E-state index in [1.54, 1.807) is 24.3 Å². The van der Waals surface area contributed by atoms with E-state index in [0.29, 0.717) is 31.5 Å². The standard InChI is InChI=1S/C48H59ClNO18P3/c1-27(2)12-11-19-46(8)20-18-31-40(63-46)30(16-15-28(3)4)41-36(42(31)65-70(57,58)68-71(59,60)67-69(54,55)56)39(51)37-38(50-22-24-61-25-23-50)32-26-35-45(6,7)66-47(43(32)52,48(35,37)64-41)21-17-29(5)44(53)62-34-14-10-9-13-33(34)49/h9-10,12-15,17-18,20,32,35,37-38H,11,16,19,21-26H2,1-8H3,(H,57,58)(H,59,60)(H2,54,55,56)/b29-17-. The number of esters is 1. The predicted octanol–water partition coefficient (Wildman–Crippen LogP) is 8.80. The van der Waals surface area contributed by atoms with Crippen LogP contribution in [0.25, 0.3) is 6.08 Å². The van der Waals surface area contributed by atoms with Gasteiger partial charge in [-0.2, -0.15) is 8.62 Å². The molecule has 386 valence electrons. The van der Waals surface area contributed by atoms with Crippen molar-refractivity contribution in [3.8, 4) is 23.0 Å². The SMILES string of the molecule is CC(C)=CCCC1(C)C=Cc2c(c(CC=C(C)C)c3c(c2OP(=O)(O)OP(=O)(O)OP(=O)(O)O)C(=O)C2C(N4CCOCC4)C4CC5C(C)(C)OC(C/C=C(/C)C(=O)Oc6ccccc6Cl)(C4=O)C25O3)O1. The van der Waals surface area contributed by atoms with Crippen LogP contribution in [0, 0.1) is 17.8 Å². The molecule has 9 rings (SSSR count). The van der Waals surface area contributed by atoms with Crippen molar-refractivity contribution in [2.75, 3.05) is 26.3 Å². The number of halogens is 1. The second-order valence-electron chi connectivity index (χ2n) is 20.1. The highest BCUT2D eigenvalue weighted by Gasteiger charge is 2.86. The van der Waals surface area contributed by atoms with Gasteiger partial charge in [-0.25, -0.2) is 18.5 Å². The number of phosphoric acid groups is 3. The lowest BCUT2D eigenvalue weighted by atomic mass is 9.44. The van der Waals surface area contributed by atoms with Crippen LogP contribution in [0.15, 0.2) is 65.3 Å². The number of para-hydroxylation sites is 1. The minimum atomic E-state index is -6.06. The number of allylic oxidation sites excluding steroid dienone is 4. The lowest BCUT2D eigenvalue weighted by molar-refractivity contribution is -0.216. The first kappa shape index (κ1) is 53.5. The number of nitrogens with zero attached hydrogens (tertiary/aromatic N) is 1. The van der Waals surface area contributed by atoms with Crippen LogP contribution in [0.5, 0.6) is 23.0 Å². The molecule has 9 unspecified atom stereocenters. The Morgan fingerprint density at radius 2 is 1.58 bits per heavy atom. The molecule has 5 fully saturated rings. The molecule has 23 heteroatoms. The Hall–Kier alpha value is -3.77. The summed E-state index contributed by atoms with van der Waals surface area (Å²) in [5, 5.41) is 0.200. The molecule has 2 saturated heterocycles. The van der Waals surface area contributed by atoms with Crippen LogP contribution in [0.1, 0.15) is 103 Å². The number of carbonyl (C=O) groups is 3. The van der Waals surface area contributed by atoms with Gasteiger partial charge in [0.1, 0.15) is 28.4 Å². The summed E-state index contributed by atoms with van der Waals surface area (Å²) in [4.78, 5) is 88.1. The molecule has 4 aliphatic heterocycles. The van der Waals surface area contributed by atoms with Crippen molar-refractivity contribution in [2.24, 2.45) is 17.8 Å². The second kappa shape index (κ2) is 19.2. The highest BCUT2D eigenvalue weighted by Crippen LogP contribution is 2.72. The minimum absolute atomic E-state index is 0.0416. The Balaban J connectivity index is 1.38. The fourth-order valence-corrected chi connectivity index (χ4v) is 14.5. The maximum atomic E-state index is 16.4. The van der Waals surface area contributed by atoms with E-state index in [2.05, 4.69) is 8.62 Å². The molecule has 4 bridgehead atoms. The van der Waals surface area contributed by atoms with E-state index >= 15 is 9.59 Å². The Morgan fingerprint density at radius 3 is 2.23 bits per heavy atom. The summed E-state index contributed by atoms with van der Waals surface area (Å²) in [5.41, 5.74) is -4.13. The van der Waals surface area contributed by atoms with E-state index in [-0.39, 0.29) is 77.2 Å². The number of benzene rings is 2. The molecule has 19 nitrogen and oxygen atoms in total. The van der Waals surface area contributed by atoms with Crippen LogP contribution in [0.4, 0.5) is 0 Å². The molecule has 71 heavy (non-hydrogen) atoms. The maximum Gasteiger partial charge on any atom is 0.536 e. The van der Waals surface area contributed by atoms with E-state index in [0.717, 1.165) is 11.1 Å². The molecule has 0 amide bonds. The summed E-state index contributed by atoms with van der Waals surface area (Å²) in [6.07, 6.45) is 9.66. The smallest absolute Gasteiger partial charge is 0.482 e. The molecule has 4 heterocycles. The zero-order chi connectivity index (χ0) is 51.9. The number of phosphoric ester groups is 1. The van der Waals surface area contributed by atoms with Crippen molar-refractivity contribution >= 4 is 58.7 Å². The van der Waals surface area contributed by atoms with E-state index in [1.807, 2.05) is 65.5 Å². The normalized spacial score (nSPS) is 30.1. The minimum Gasteiger partial charge on any atom is -0.482 e. The molecular formula is C48H59ClNO18P3. The lowest BCUT2D eigenvalue weighted by Crippen LogP contribution is -2.82. The van der Waals surface area contributed by atoms with Crippen molar-refractivity contribution in [3.05, 3.63) is 87.0 Å². The van der Waals surface area contributed by atoms with Crippen molar-refractivity contribution in [1.82, 2.24) is 4.90 Å². The second-order valence-corrected chi connectivity index (χ2v) is 24.8. The van der Waals surface area contributed by atoms with Gasteiger partial charge in [0.2, 0.25) is 0 Å². The van der Waals surface area contributed by atoms with Crippen LogP contribution in [0.2, 0.25) is 5.02 Å². The molecular weight excluding hydrogens is 1010 g/mol. The van der Waals surface area contributed by atoms with Crippen LogP contribution >= 0.6 is 35.1 Å². The fourth-order valence-electron chi connectivity index (χ4n) is 11.3. The van der Waals surface area contributed by atoms with Gasteiger partial charge in [0.05, 0.1) is 35.3 Å². The third kappa shape index (κ3) is 10.0. The highest BCUT2D eigenvalue weighted by atomic mass is 35.5. The van der Waals surface area contributed by atoms with Crippen LogP contribution in [0.3, 0.4) is 0 Å². The van der Waals surface area contributed by atoms with Crippen molar-refractivity contribution in [1.29, 1.82) is 0 Å². The molecule has 3 aliphatic carbocycles. The van der Waals surface area contributed by atoms with Gasteiger partial charge in [-0.1, -0.05) is 53.1 Å². The molecule has 2 aromatic carbocycles. The molecule has 4 N–H and O–H groups in total. The summed E-state index contributed by atoms with van der Waals surface area (Å²) >= 11 is 6.32. The zero-order valence-electron chi connectivity index (χ0n) is 40.5. The Kier molecular flexibility index (Phi) is 14.5. The first-order valence-corrected chi connectivity index (χ1v) is 28.1. The van der Waals surface area contributed by atoms with Gasteiger partial charge in [-0.15, -0.1) is 0 Å². The van der Waals surface area contributed by atoms with Gasteiger partial charge in [-0.05, 0) is 105 Å². The number of Topliss-reactive ketones (excluding diaryl/α,β-unsaturated/α-hetero) is 2. The summed E-state index contributed by atoms with van der Waals surface area (Å²) in [6.45, 7) is 15.8. The lowest BCUT2D eigenvalue weighted by Gasteiger charge is -2.64. The largest absolute Gasteiger partial charge is 0.536 e. The summed E-state index contributed by atoms with van der Waals surface area (Å²) in [6, 6.07) is 5.58.